The normalized spacial score (nSPS) is 29.9. The third-order valence-corrected chi connectivity index (χ3v) is 5.21. The Balaban J connectivity index is 1.82. The predicted octanol–water partition coefficient (Wildman–Crippen LogP) is 3.38. The zero-order chi connectivity index (χ0) is 14.2. The Kier molecular flexibility index (Phi) is 3.87. The van der Waals surface area contributed by atoms with Gasteiger partial charge in [-0.1, -0.05) is 38.1 Å². The molecule has 1 aromatic carbocycles. The molecule has 2 unspecified atom stereocenters. The number of piperidine rings is 1. The molecule has 1 N–H and O–H groups in total. The van der Waals surface area contributed by atoms with Gasteiger partial charge >= 0.3 is 0 Å². The van der Waals surface area contributed by atoms with E-state index in [1.807, 2.05) is 0 Å². The Bertz CT molecular complexity index is 466. The number of fused-ring (bicyclic) bond motifs is 1. The second kappa shape index (κ2) is 5.50. The van der Waals surface area contributed by atoms with Gasteiger partial charge in [-0.15, -0.1) is 0 Å². The van der Waals surface area contributed by atoms with Crippen molar-refractivity contribution < 1.29 is 0 Å². The van der Waals surface area contributed by atoms with E-state index in [9.17, 15) is 0 Å². The summed E-state index contributed by atoms with van der Waals surface area (Å²) in [4.78, 5) is 2.46. The third-order valence-electron chi connectivity index (χ3n) is 5.21. The SMILES string of the molecule is CN1CCCC(NC2c3ccccc3CCC2(C)C)C1. The van der Waals surface area contributed by atoms with Crippen LogP contribution in [0.4, 0.5) is 0 Å². The summed E-state index contributed by atoms with van der Waals surface area (Å²) in [5.41, 5.74) is 3.44. The molecule has 2 heteroatoms. The van der Waals surface area contributed by atoms with E-state index in [0.717, 1.165) is 0 Å². The summed E-state index contributed by atoms with van der Waals surface area (Å²) in [6.07, 6.45) is 5.15. The van der Waals surface area contributed by atoms with Crippen molar-refractivity contribution in [3.05, 3.63) is 35.4 Å². The molecule has 0 amide bonds. The maximum atomic E-state index is 3.99. The molecular weight excluding hydrogens is 244 g/mol. The zero-order valence-electron chi connectivity index (χ0n) is 13.2. The number of likely N-dealkylation sites (tertiary alicyclic amines) is 1. The van der Waals surface area contributed by atoms with Crippen molar-refractivity contribution in [1.29, 1.82) is 0 Å². The minimum atomic E-state index is 0.352. The van der Waals surface area contributed by atoms with Crippen LogP contribution < -0.4 is 5.32 Å². The van der Waals surface area contributed by atoms with Crippen LogP contribution in [0.1, 0.15) is 50.3 Å². The van der Waals surface area contributed by atoms with E-state index in [-0.39, 0.29) is 0 Å². The smallest absolute Gasteiger partial charge is 0.0377 e. The minimum absolute atomic E-state index is 0.352. The van der Waals surface area contributed by atoms with Gasteiger partial charge in [0.2, 0.25) is 0 Å². The Labute approximate surface area is 123 Å². The number of rotatable bonds is 2. The minimum Gasteiger partial charge on any atom is -0.305 e. The van der Waals surface area contributed by atoms with Crippen molar-refractivity contribution >= 4 is 0 Å². The van der Waals surface area contributed by atoms with Gasteiger partial charge in [0.25, 0.3) is 0 Å². The van der Waals surface area contributed by atoms with E-state index >= 15 is 0 Å². The molecule has 1 aromatic rings. The summed E-state index contributed by atoms with van der Waals surface area (Å²) in [5, 5.41) is 3.99. The van der Waals surface area contributed by atoms with Crippen molar-refractivity contribution in [2.24, 2.45) is 5.41 Å². The quantitative estimate of drug-likeness (QED) is 0.888. The van der Waals surface area contributed by atoms with Gasteiger partial charge in [-0.2, -0.15) is 0 Å². The van der Waals surface area contributed by atoms with Crippen LogP contribution in [-0.2, 0) is 6.42 Å². The van der Waals surface area contributed by atoms with Crippen LogP contribution in [0.25, 0.3) is 0 Å². The van der Waals surface area contributed by atoms with E-state index in [0.29, 0.717) is 17.5 Å². The summed E-state index contributed by atoms with van der Waals surface area (Å²) in [5.74, 6) is 0. The second-order valence-electron chi connectivity index (χ2n) is 7.39. The Morgan fingerprint density at radius 2 is 2.05 bits per heavy atom. The Morgan fingerprint density at radius 1 is 1.25 bits per heavy atom. The maximum absolute atomic E-state index is 3.99. The second-order valence-corrected chi connectivity index (χ2v) is 7.39. The Morgan fingerprint density at radius 3 is 2.85 bits per heavy atom. The molecule has 1 aliphatic carbocycles. The van der Waals surface area contributed by atoms with Crippen molar-refractivity contribution in [2.75, 3.05) is 20.1 Å². The highest BCUT2D eigenvalue weighted by Gasteiger charge is 2.37. The van der Waals surface area contributed by atoms with E-state index in [2.05, 4.69) is 55.4 Å². The highest BCUT2D eigenvalue weighted by molar-refractivity contribution is 5.34. The summed E-state index contributed by atoms with van der Waals surface area (Å²) >= 11 is 0. The zero-order valence-corrected chi connectivity index (χ0v) is 13.2. The molecule has 2 nitrogen and oxygen atoms in total. The molecule has 110 valence electrons. The number of benzene rings is 1. The lowest BCUT2D eigenvalue weighted by Gasteiger charge is -2.44. The summed E-state index contributed by atoms with van der Waals surface area (Å²) in [6.45, 7) is 7.29. The van der Waals surface area contributed by atoms with Gasteiger partial charge in [-0.05, 0) is 55.8 Å². The largest absolute Gasteiger partial charge is 0.305 e. The van der Waals surface area contributed by atoms with Crippen LogP contribution >= 0.6 is 0 Å². The number of nitrogens with zero attached hydrogens (tertiary/aromatic N) is 1. The fourth-order valence-electron chi connectivity index (χ4n) is 3.92. The summed E-state index contributed by atoms with van der Waals surface area (Å²) in [7, 11) is 2.24. The van der Waals surface area contributed by atoms with Gasteiger partial charge in [0.05, 0.1) is 0 Å². The molecule has 0 saturated carbocycles. The Hall–Kier alpha value is -0.860. The fraction of sp³-hybridized carbons (Fsp3) is 0.667. The predicted molar refractivity (Wildman–Crippen MR) is 84.9 cm³/mol. The molecule has 1 fully saturated rings. The molecule has 1 heterocycles. The molecule has 20 heavy (non-hydrogen) atoms. The highest BCUT2D eigenvalue weighted by atomic mass is 15.1. The van der Waals surface area contributed by atoms with Gasteiger partial charge in [-0.25, -0.2) is 0 Å². The maximum Gasteiger partial charge on any atom is 0.0377 e. The summed E-state index contributed by atoms with van der Waals surface area (Å²) < 4.78 is 0. The monoisotopic (exact) mass is 272 g/mol. The molecule has 2 aliphatic rings. The van der Waals surface area contributed by atoms with Crippen molar-refractivity contribution in [1.82, 2.24) is 10.2 Å². The summed E-state index contributed by atoms with van der Waals surface area (Å²) in [6, 6.07) is 10.2. The van der Waals surface area contributed by atoms with Crippen LogP contribution in [0.5, 0.6) is 0 Å². The van der Waals surface area contributed by atoms with Crippen molar-refractivity contribution in [2.45, 2.75) is 51.6 Å². The number of hydrogen-bond donors (Lipinski definition) is 1. The number of likely N-dealkylation sites (N-methyl/N-ethyl adjacent to an activating group) is 1. The van der Waals surface area contributed by atoms with Crippen LogP contribution in [0, 0.1) is 5.41 Å². The molecule has 0 radical (unpaired) electrons. The molecular formula is C18H28N2. The third kappa shape index (κ3) is 2.77. The van der Waals surface area contributed by atoms with Gasteiger partial charge < -0.3 is 10.2 Å². The lowest BCUT2D eigenvalue weighted by atomic mass is 9.70. The van der Waals surface area contributed by atoms with Crippen LogP contribution in [-0.4, -0.2) is 31.1 Å². The first-order valence-corrected chi connectivity index (χ1v) is 8.09. The molecule has 0 bridgehead atoms. The first-order chi connectivity index (χ1) is 9.56. The van der Waals surface area contributed by atoms with Crippen molar-refractivity contribution in [3.63, 3.8) is 0 Å². The topological polar surface area (TPSA) is 15.3 Å². The van der Waals surface area contributed by atoms with Gasteiger partial charge in [0.15, 0.2) is 0 Å². The van der Waals surface area contributed by atoms with Crippen LogP contribution in [0.15, 0.2) is 24.3 Å². The van der Waals surface area contributed by atoms with E-state index < -0.39 is 0 Å². The average Bonchev–Trinajstić information content (AvgIpc) is 2.42. The number of aryl methyl sites for hydroxylation is 1. The average molecular weight is 272 g/mol. The van der Waals surface area contributed by atoms with Crippen LogP contribution in [0.3, 0.4) is 0 Å². The molecule has 2 atom stereocenters. The molecule has 0 aromatic heterocycles. The molecule has 1 aliphatic heterocycles. The fourth-order valence-corrected chi connectivity index (χ4v) is 3.92. The van der Waals surface area contributed by atoms with Crippen molar-refractivity contribution in [3.8, 4) is 0 Å². The van der Waals surface area contributed by atoms with Gasteiger partial charge in [-0.3, -0.25) is 0 Å². The van der Waals surface area contributed by atoms with E-state index in [1.165, 1.54) is 44.3 Å². The molecule has 0 spiro atoms. The number of hydrogen-bond acceptors (Lipinski definition) is 2. The first kappa shape index (κ1) is 14.1. The van der Waals surface area contributed by atoms with Gasteiger partial charge in [0.1, 0.15) is 0 Å². The standard InChI is InChI=1S/C18H28N2/c1-18(2)11-10-14-7-4-5-9-16(14)17(18)19-15-8-6-12-20(3)13-15/h4-5,7,9,15,17,19H,6,8,10-13H2,1-3H3. The van der Waals surface area contributed by atoms with Gasteiger partial charge in [0, 0.05) is 18.6 Å². The highest BCUT2D eigenvalue weighted by Crippen LogP contribution is 2.43. The van der Waals surface area contributed by atoms with E-state index in [4.69, 9.17) is 0 Å². The first-order valence-electron chi connectivity index (χ1n) is 8.09. The van der Waals surface area contributed by atoms with E-state index in [1.54, 1.807) is 5.56 Å². The number of nitrogens with one attached hydrogen (secondary N) is 1. The lowest BCUT2D eigenvalue weighted by Crippen LogP contribution is -2.49. The molecule has 1 saturated heterocycles. The van der Waals surface area contributed by atoms with Crippen LogP contribution in [0.2, 0.25) is 0 Å². The lowest BCUT2D eigenvalue weighted by molar-refractivity contribution is 0.154. The molecule has 3 rings (SSSR count).